The number of carbonyl (C=O) groups excluding carboxylic acids is 1. The van der Waals surface area contributed by atoms with E-state index < -0.39 is 23.1 Å². The van der Waals surface area contributed by atoms with Gasteiger partial charge in [0, 0.05) is 5.56 Å². The first-order chi connectivity index (χ1) is 13.4. The van der Waals surface area contributed by atoms with Gasteiger partial charge in [-0.2, -0.15) is 0 Å². The number of methoxy groups -OCH3 is 2. The monoisotopic (exact) mass is 383 g/mol. The Morgan fingerprint density at radius 1 is 1.11 bits per heavy atom. The maximum absolute atomic E-state index is 12.5. The lowest BCUT2D eigenvalue weighted by Gasteiger charge is -2.18. The number of hydrogen-bond donors (Lipinski definition) is 2. The van der Waals surface area contributed by atoms with Gasteiger partial charge in [0.1, 0.15) is 18.0 Å². The Bertz CT molecular complexity index is 1130. The zero-order valence-corrected chi connectivity index (χ0v) is 15.8. The highest BCUT2D eigenvalue weighted by molar-refractivity contribution is 5.81. The third-order valence-corrected chi connectivity index (χ3v) is 4.47. The number of nitrogens with zero attached hydrogens (tertiary/aromatic N) is 1. The summed E-state index contributed by atoms with van der Waals surface area (Å²) < 4.78 is 11.6. The number of fused-ring (bicyclic) bond motifs is 1. The van der Waals surface area contributed by atoms with E-state index in [0.717, 1.165) is 10.2 Å². The highest BCUT2D eigenvalue weighted by Crippen LogP contribution is 2.29. The number of nitrogens with one attached hydrogen (secondary N) is 2. The summed E-state index contributed by atoms with van der Waals surface area (Å²) >= 11 is 0. The molecular formula is C20H21N3O5. The zero-order chi connectivity index (χ0) is 20.3. The number of hydrogen-bond acceptors (Lipinski definition) is 5. The van der Waals surface area contributed by atoms with Crippen molar-refractivity contribution in [3.8, 4) is 11.5 Å². The molecule has 3 rings (SSSR count). The average molecular weight is 383 g/mol. The van der Waals surface area contributed by atoms with Crippen LogP contribution >= 0.6 is 0 Å². The summed E-state index contributed by atoms with van der Waals surface area (Å²) in [4.78, 5) is 37.2. The minimum atomic E-state index is -0.433. The van der Waals surface area contributed by atoms with Gasteiger partial charge in [0.15, 0.2) is 0 Å². The van der Waals surface area contributed by atoms with Crippen molar-refractivity contribution >= 4 is 16.7 Å². The summed E-state index contributed by atoms with van der Waals surface area (Å²) in [6, 6.07) is 11.4. The van der Waals surface area contributed by atoms with Crippen molar-refractivity contribution in [3.05, 3.63) is 68.7 Å². The van der Waals surface area contributed by atoms with Crippen LogP contribution < -0.4 is 25.9 Å². The van der Waals surface area contributed by atoms with Crippen LogP contribution in [0.1, 0.15) is 18.5 Å². The van der Waals surface area contributed by atoms with Crippen LogP contribution in [0.25, 0.3) is 10.8 Å². The van der Waals surface area contributed by atoms with Crippen molar-refractivity contribution in [1.82, 2.24) is 15.1 Å². The number of benzene rings is 2. The van der Waals surface area contributed by atoms with Gasteiger partial charge >= 0.3 is 0 Å². The Morgan fingerprint density at radius 2 is 1.82 bits per heavy atom. The van der Waals surface area contributed by atoms with Gasteiger partial charge in [-0.3, -0.25) is 19.5 Å². The first-order valence-corrected chi connectivity index (χ1v) is 8.67. The molecule has 28 heavy (non-hydrogen) atoms. The van der Waals surface area contributed by atoms with Crippen molar-refractivity contribution < 1.29 is 14.3 Å². The number of rotatable bonds is 6. The van der Waals surface area contributed by atoms with Crippen LogP contribution in [-0.2, 0) is 11.3 Å². The third kappa shape index (κ3) is 3.75. The highest BCUT2D eigenvalue weighted by atomic mass is 16.5. The number of ether oxygens (including phenoxy) is 2. The second-order valence-corrected chi connectivity index (χ2v) is 6.27. The Hall–Kier alpha value is -3.55. The molecule has 8 nitrogen and oxygen atoms in total. The molecule has 0 aliphatic carbocycles. The summed E-state index contributed by atoms with van der Waals surface area (Å²) in [6.07, 6.45) is 0. The maximum atomic E-state index is 12.5. The topological polar surface area (TPSA) is 102 Å². The van der Waals surface area contributed by atoms with Crippen molar-refractivity contribution in [2.24, 2.45) is 0 Å². The van der Waals surface area contributed by atoms with Gasteiger partial charge in [-0.05, 0) is 37.3 Å². The molecule has 0 radical (unpaired) electrons. The number of aromatic amines is 1. The second-order valence-electron chi connectivity index (χ2n) is 6.27. The molecule has 1 heterocycles. The van der Waals surface area contributed by atoms with Crippen molar-refractivity contribution in [2.75, 3.05) is 14.2 Å². The lowest BCUT2D eigenvalue weighted by Crippen LogP contribution is -2.37. The molecule has 0 aliphatic heterocycles. The van der Waals surface area contributed by atoms with E-state index in [1.807, 2.05) is 0 Å². The predicted molar refractivity (Wildman–Crippen MR) is 105 cm³/mol. The number of aromatic nitrogens is 2. The summed E-state index contributed by atoms with van der Waals surface area (Å²) in [5.74, 6) is 0.808. The first kappa shape index (κ1) is 19.2. The fourth-order valence-electron chi connectivity index (χ4n) is 3.04. The van der Waals surface area contributed by atoms with E-state index in [4.69, 9.17) is 9.47 Å². The molecule has 1 atom stereocenters. The lowest BCUT2D eigenvalue weighted by atomic mass is 10.1. The molecule has 8 heteroatoms. The Kier molecular flexibility index (Phi) is 5.49. The molecule has 0 aliphatic rings. The van der Waals surface area contributed by atoms with Crippen LogP contribution in [-0.4, -0.2) is 29.9 Å². The summed E-state index contributed by atoms with van der Waals surface area (Å²) in [5, 5.41) is 5.81. The van der Waals surface area contributed by atoms with Crippen LogP contribution in [0.3, 0.4) is 0 Å². The van der Waals surface area contributed by atoms with Crippen LogP contribution in [0, 0.1) is 0 Å². The highest BCUT2D eigenvalue weighted by Gasteiger charge is 2.17. The van der Waals surface area contributed by atoms with Gasteiger partial charge in [-0.15, -0.1) is 0 Å². The lowest BCUT2D eigenvalue weighted by molar-refractivity contribution is -0.122. The molecule has 146 valence electrons. The summed E-state index contributed by atoms with van der Waals surface area (Å²) in [5.41, 5.74) is -0.128. The van der Waals surface area contributed by atoms with Crippen molar-refractivity contribution in [3.63, 3.8) is 0 Å². The SMILES string of the molecule is COc1ccc(OC)c([C@@H](C)NC(=O)Cn2[nH]c(=O)c3ccccc3c2=O)c1. The smallest absolute Gasteiger partial charge is 0.273 e. The molecule has 1 amide bonds. The van der Waals surface area contributed by atoms with Gasteiger partial charge in [-0.25, -0.2) is 4.68 Å². The van der Waals surface area contributed by atoms with Gasteiger partial charge in [-0.1, -0.05) is 12.1 Å². The fraction of sp³-hybridized carbons (Fsp3) is 0.250. The molecule has 0 saturated carbocycles. The zero-order valence-electron chi connectivity index (χ0n) is 15.8. The van der Waals surface area contributed by atoms with E-state index in [9.17, 15) is 14.4 Å². The Morgan fingerprint density at radius 3 is 2.50 bits per heavy atom. The fourth-order valence-corrected chi connectivity index (χ4v) is 3.04. The van der Waals surface area contributed by atoms with Gasteiger partial charge in [0.2, 0.25) is 5.91 Å². The van der Waals surface area contributed by atoms with Crippen LogP contribution in [0.2, 0.25) is 0 Å². The van der Waals surface area contributed by atoms with Crippen molar-refractivity contribution in [1.29, 1.82) is 0 Å². The normalized spacial score (nSPS) is 11.8. The molecule has 0 unspecified atom stereocenters. The van der Waals surface area contributed by atoms with E-state index in [-0.39, 0.29) is 11.9 Å². The van der Waals surface area contributed by atoms with Crippen LogP contribution in [0.5, 0.6) is 11.5 Å². The van der Waals surface area contributed by atoms with E-state index >= 15 is 0 Å². The second kappa shape index (κ2) is 7.99. The molecule has 2 N–H and O–H groups in total. The van der Waals surface area contributed by atoms with E-state index in [2.05, 4.69) is 10.4 Å². The quantitative estimate of drug-likeness (QED) is 0.673. The Balaban J connectivity index is 1.83. The molecular weight excluding hydrogens is 362 g/mol. The standard InChI is InChI=1S/C20H21N3O5/c1-12(16-10-13(27-2)8-9-17(16)28-3)21-18(24)11-23-20(26)15-7-5-4-6-14(15)19(25)22-23/h4-10,12H,11H2,1-3H3,(H,21,24)(H,22,25)/t12-/m1/s1. The van der Waals surface area contributed by atoms with E-state index in [0.29, 0.717) is 16.9 Å². The van der Waals surface area contributed by atoms with Gasteiger partial charge < -0.3 is 14.8 Å². The Labute approximate surface area is 160 Å². The molecule has 0 bridgehead atoms. The number of H-pyrrole nitrogens is 1. The summed E-state index contributed by atoms with van der Waals surface area (Å²) in [7, 11) is 3.09. The predicted octanol–water partition coefficient (Wildman–Crippen LogP) is 1.58. The van der Waals surface area contributed by atoms with E-state index in [1.165, 1.54) is 0 Å². The molecule has 1 aromatic heterocycles. The number of carbonyl (C=O) groups is 1. The van der Waals surface area contributed by atoms with Gasteiger partial charge in [0.25, 0.3) is 11.1 Å². The third-order valence-electron chi connectivity index (χ3n) is 4.47. The largest absolute Gasteiger partial charge is 0.497 e. The summed E-state index contributed by atoms with van der Waals surface area (Å²) in [6.45, 7) is 1.48. The van der Waals surface area contributed by atoms with Crippen LogP contribution in [0.4, 0.5) is 0 Å². The molecule has 2 aromatic carbocycles. The molecule has 0 fully saturated rings. The number of amides is 1. The molecule has 0 saturated heterocycles. The minimum absolute atomic E-state index is 0.265. The minimum Gasteiger partial charge on any atom is -0.497 e. The molecule has 3 aromatic rings. The van der Waals surface area contributed by atoms with Crippen molar-refractivity contribution in [2.45, 2.75) is 19.5 Å². The average Bonchev–Trinajstić information content (AvgIpc) is 2.71. The van der Waals surface area contributed by atoms with Gasteiger partial charge in [0.05, 0.1) is 31.0 Å². The van der Waals surface area contributed by atoms with E-state index in [1.54, 1.807) is 63.6 Å². The maximum Gasteiger partial charge on any atom is 0.273 e. The molecule has 0 spiro atoms. The first-order valence-electron chi connectivity index (χ1n) is 8.67. The van der Waals surface area contributed by atoms with Crippen LogP contribution in [0.15, 0.2) is 52.1 Å².